The summed E-state index contributed by atoms with van der Waals surface area (Å²) in [6.45, 7) is 6.27. The molecule has 0 bridgehead atoms. The van der Waals surface area contributed by atoms with E-state index >= 15 is 4.39 Å². The fourth-order valence-corrected chi connectivity index (χ4v) is 8.56. The summed E-state index contributed by atoms with van der Waals surface area (Å²) in [5, 5.41) is 10.8. The van der Waals surface area contributed by atoms with Gasteiger partial charge in [0.2, 0.25) is 0 Å². The van der Waals surface area contributed by atoms with Crippen molar-refractivity contribution in [1.29, 1.82) is 0 Å². The number of fused-ring (bicyclic) bond motifs is 5. The van der Waals surface area contributed by atoms with Crippen LogP contribution in [0.5, 0.6) is 11.5 Å². The van der Waals surface area contributed by atoms with Crippen molar-refractivity contribution in [3.63, 3.8) is 0 Å². The van der Waals surface area contributed by atoms with E-state index in [4.69, 9.17) is 16.3 Å². The van der Waals surface area contributed by atoms with Crippen molar-refractivity contribution in [2.24, 2.45) is 17.3 Å². The zero-order valence-corrected chi connectivity index (χ0v) is 22.2. The molecule has 0 spiro atoms. The van der Waals surface area contributed by atoms with Crippen LogP contribution in [0, 0.1) is 17.3 Å². The number of phenols is 1. The summed E-state index contributed by atoms with van der Waals surface area (Å²) in [7, 11) is 0. The van der Waals surface area contributed by atoms with Crippen LogP contribution in [0.3, 0.4) is 0 Å². The molecule has 0 amide bonds. The Balaban J connectivity index is 1.26. The van der Waals surface area contributed by atoms with Gasteiger partial charge in [-0.1, -0.05) is 43.1 Å². The number of piperidine rings is 1. The van der Waals surface area contributed by atoms with Crippen LogP contribution < -0.4 is 4.74 Å². The first-order valence-electron chi connectivity index (χ1n) is 14.0. The van der Waals surface area contributed by atoms with Gasteiger partial charge in [0.25, 0.3) is 0 Å². The summed E-state index contributed by atoms with van der Waals surface area (Å²) in [6.07, 6.45) is 7.62. The summed E-state index contributed by atoms with van der Waals surface area (Å²) < 4.78 is 21.5. The number of halogens is 2. The molecule has 1 saturated heterocycles. The SMILES string of the molecule is C[C@]12C[C@H](c3ccc(OCCN4CCCCC4)cc3)[C@@H]3c4ccc(O)c(Cl)c4CC[C@H]3[C@@H]1CC[C@H]2F. The van der Waals surface area contributed by atoms with Crippen molar-refractivity contribution >= 4 is 11.6 Å². The van der Waals surface area contributed by atoms with Crippen molar-refractivity contribution < 1.29 is 14.2 Å². The van der Waals surface area contributed by atoms with Crippen LogP contribution in [-0.4, -0.2) is 42.4 Å². The minimum atomic E-state index is -0.729. The van der Waals surface area contributed by atoms with Gasteiger partial charge < -0.3 is 9.84 Å². The molecule has 2 aromatic rings. The van der Waals surface area contributed by atoms with Gasteiger partial charge in [0.15, 0.2) is 0 Å². The highest BCUT2D eigenvalue weighted by molar-refractivity contribution is 6.32. The van der Waals surface area contributed by atoms with Crippen LogP contribution >= 0.6 is 11.6 Å². The molecule has 6 atom stereocenters. The van der Waals surface area contributed by atoms with E-state index in [1.165, 1.54) is 43.5 Å². The minimum Gasteiger partial charge on any atom is -0.506 e. The Morgan fingerprint density at radius 3 is 2.61 bits per heavy atom. The van der Waals surface area contributed by atoms with Gasteiger partial charge in [0.1, 0.15) is 24.3 Å². The lowest BCUT2D eigenvalue weighted by molar-refractivity contribution is 0.00139. The number of alkyl halides is 1. The van der Waals surface area contributed by atoms with Crippen molar-refractivity contribution in [2.45, 2.75) is 76.3 Å². The lowest BCUT2D eigenvalue weighted by Crippen LogP contribution is -2.46. The van der Waals surface area contributed by atoms with Crippen LogP contribution in [0.15, 0.2) is 36.4 Å². The van der Waals surface area contributed by atoms with Crippen molar-refractivity contribution in [3.8, 4) is 11.5 Å². The van der Waals surface area contributed by atoms with Crippen LogP contribution in [0.25, 0.3) is 0 Å². The average Bonchev–Trinajstić information content (AvgIpc) is 3.20. The topological polar surface area (TPSA) is 32.7 Å². The van der Waals surface area contributed by atoms with Crippen LogP contribution in [-0.2, 0) is 6.42 Å². The van der Waals surface area contributed by atoms with E-state index in [0.717, 1.165) is 43.5 Å². The first kappa shape index (κ1) is 24.6. The molecule has 4 aliphatic rings. The predicted molar refractivity (Wildman–Crippen MR) is 143 cm³/mol. The van der Waals surface area contributed by atoms with Gasteiger partial charge in [-0.15, -0.1) is 0 Å². The normalized spacial score (nSPS) is 34.0. The van der Waals surface area contributed by atoms with Gasteiger partial charge in [-0.25, -0.2) is 4.39 Å². The molecule has 0 aromatic heterocycles. The Morgan fingerprint density at radius 1 is 1.06 bits per heavy atom. The maximum atomic E-state index is 15.4. The van der Waals surface area contributed by atoms with E-state index in [2.05, 4.69) is 42.2 Å². The third kappa shape index (κ3) is 4.22. The van der Waals surface area contributed by atoms with Crippen LogP contribution in [0.2, 0.25) is 5.02 Å². The third-order valence-corrected chi connectivity index (χ3v) is 10.6. The number of rotatable bonds is 5. The maximum absolute atomic E-state index is 15.4. The fourth-order valence-electron chi connectivity index (χ4n) is 8.29. The lowest BCUT2D eigenvalue weighted by Gasteiger charge is -2.53. The van der Waals surface area contributed by atoms with Gasteiger partial charge in [-0.2, -0.15) is 0 Å². The predicted octanol–water partition coefficient (Wildman–Crippen LogP) is 7.50. The zero-order valence-electron chi connectivity index (χ0n) is 21.4. The highest BCUT2D eigenvalue weighted by atomic mass is 35.5. The summed E-state index contributed by atoms with van der Waals surface area (Å²) in [5.41, 5.74) is 3.36. The quantitative estimate of drug-likeness (QED) is 0.451. The molecular formula is C31H39ClFNO2. The molecule has 1 aliphatic heterocycles. The summed E-state index contributed by atoms with van der Waals surface area (Å²) >= 11 is 6.59. The highest BCUT2D eigenvalue weighted by Crippen LogP contribution is 2.66. The fraction of sp³-hybridized carbons (Fsp3) is 0.613. The van der Waals surface area contributed by atoms with Crippen LogP contribution in [0.1, 0.15) is 80.4 Å². The number of hydrogen-bond donors (Lipinski definition) is 1. The number of phenolic OH excluding ortho intramolecular Hbond substituents is 1. The smallest absolute Gasteiger partial charge is 0.134 e. The van der Waals surface area contributed by atoms with Gasteiger partial charge in [0.05, 0.1) is 5.02 Å². The second kappa shape index (κ2) is 9.83. The highest BCUT2D eigenvalue weighted by Gasteiger charge is 2.58. The van der Waals surface area contributed by atoms with Crippen molar-refractivity contribution in [3.05, 3.63) is 58.1 Å². The summed E-state index contributed by atoms with van der Waals surface area (Å²) in [4.78, 5) is 2.50. The standard InChI is InChI=1S/C31H39ClFNO2/c1-31-19-25(20-5-7-21(8-6-20)36-18-17-34-15-3-2-4-16-34)29-22-11-13-27(35)30(32)23(22)9-10-24(29)26(31)12-14-28(31)33/h5-8,11,13,24-26,28-29,35H,2-4,9-10,12,14-19H2,1H3/t24-,25+,26-,28+,29+,31-/m0/s1. The minimum absolute atomic E-state index is 0.168. The number of likely N-dealkylation sites (tertiary alicyclic amines) is 1. The van der Waals surface area contributed by atoms with Gasteiger partial charge in [0, 0.05) is 12.0 Å². The Morgan fingerprint density at radius 2 is 1.83 bits per heavy atom. The number of aromatic hydroxyl groups is 1. The molecular weight excluding hydrogens is 473 g/mol. The molecule has 6 rings (SSSR count). The zero-order chi connectivity index (χ0) is 24.9. The average molecular weight is 512 g/mol. The monoisotopic (exact) mass is 511 g/mol. The van der Waals surface area contributed by atoms with Gasteiger partial charge in [-0.05, 0) is 117 Å². The molecule has 3 aliphatic carbocycles. The number of ether oxygens (including phenoxy) is 1. The van der Waals surface area contributed by atoms with E-state index in [9.17, 15) is 5.11 Å². The molecule has 2 aromatic carbocycles. The molecule has 36 heavy (non-hydrogen) atoms. The molecule has 5 heteroatoms. The first-order valence-corrected chi connectivity index (χ1v) is 14.4. The molecule has 194 valence electrons. The molecule has 0 radical (unpaired) electrons. The van der Waals surface area contributed by atoms with Crippen LogP contribution in [0.4, 0.5) is 4.39 Å². The molecule has 0 unspecified atom stereocenters. The summed E-state index contributed by atoms with van der Waals surface area (Å²) in [5.74, 6) is 2.47. The van der Waals surface area contributed by atoms with E-state index in [1.807, 2.05) is 0 Å². The molecule has 2 saturated carbocycles. The number of benzene rings is 2. The Kier molecular flexibility index (Phi) is 6.71. The Bertz CT molecular complexity index is 1080. The molecule has 1 heterocycles. The Hall–Kier alpha value is -1.78. The van der Waals surface area contributed by atoms with E-state index in [0.29, 0.717) is 35.8 Å². The van der Waals surface area contributed by atoms with Crippen molar-refractivity contribution in [2.75, 3.05) is 26.2 Å². The summed E-state index contributed by atoms with van der Waals surface area (Å²) in [6, 6.07) is 12.5. The van der Waals surface area contributed by atoms with Gasteiger partial charge >= 0.3 is 0 Å². The largest absolute Gasteiger partial charge is 0.506 e. The molecule has 3 fully saturated rings. The molecule has 3 nitrogen and oxygen atoms in total. The van der Waals surface area contributed by atoms with Gasteiger partial charge in [-0.3, -0.25) is 4.90 Å². The number of hydrogen-bond acceptors (Lipinski definition) is 3. The van der Waals surface area contributed by atoms with E-state index in [-0.39, 0.29) is 17.1 Å². The first-order chi connectivity index (χ1) is 17.5. The maximum Gasteiger partial charge on any atom is 0.134 e. The third-order valence-electron chi connectivity index (χ3n) is 10.1. The number of nitrogens with zero attached hydrogens (tertiary/aromatic N) is 1. The second-order valence-electron chi connectivity index (χ2n) is 12.0. The van der Waals surface area contributed by atoms with E-state index < -0.39 is 6.17 Å². The lowest BCUT2D eigenvalue weighted by atomic mass is 9.51. The molecule has 1 N–H and O–H groups in total. The van der Waals surface area contributed by atoms with E-state index in [1.54, 1.807) is 6.07 Å². The van der Waals surface area contributed by atoms with Crippen molar-refractivity contribution in [1.82, 2.24) is 4.90 Å². The Labute approximate surface area is 220 Å². The second-order valence-corrected chi connectivity index (χ2v) is 12.4.